The van der Waals surface area contributed by atoms with Gasteiger partial charge in [-0.1, -0.05) is 47.5 Å². The number of halogens is 2. The summed E-state index contributed by atoms with van der Waals surface area (Å²) in [4.78, 5) is 8.57. The Hall–Kier alpha value is -2.04. The Morgan fingerprint density at radius 2 is 1.00 bits per heavy atom. The molecular formula is C22H34Cl2N4. The molecule has 0 fully saturated rings. The number of hydrogen-bond acceptors (Lipinski definition) is 2. The van der Waals surface area contributed by atoms with Crippen molar-refractivity contribution in [3.8, 4) is 0 Å². The largest absolute Gasteiger partial charge is 0.383 e. The molecule has 0 bridgehead atoms. The number of nitrogens with two attached hydrogens (primary N) is 2. The highest BCUT2D eigenvalue weighted by atomic mass is 35.5. The van der Waals surface area contributed by atoms with Crippen molar-refractivity contribution in [1.29, 1.82) is 0 Å². The second kappa shape index (κ2) is 14.0. The third kappa shape index (κ3) is 11.0. The van der Waals surface area contributed by atoms with E-state index in [-0.39, 0.29) is 36.9 Å². The molecule has 2 aromatic rings. The number of hydrogen-bond donors (Lipinski definition) is 2. The molecule has 0 atom stereocenters. The third-order valence-electron chi connectivity index (χ3n) is 3.42. The number of nitrogens with zero attached hydrogens (tertiary/aromatic N) is 2. The summed E-state index contributed by atoms with van der Waals surface area (Å²) in [6.45, 7) is 12.2. The van der Waals surface area contributed by atoms with Crippen LogP contribution < -0.4 is 11.5 Å². The molecule has 0 aliphatic heterocycles. The molecule has 4 N–H and O–H groups in total. The maximum Gasteiger partial charge on any atom is 0.125 e. The van der Waals surface area contributed by atoms with Crippen LogP contribution in [0.2, 0.25) is 0 Å². The fourth-order valence-electron chi connectivity index (χ4n) is 2.31. The minimum atomic E-state index is 0. The van der Waals surface area contributed by atoms with E-state index in [0.29, 0.717) is 11.7 Å². The van der Waals surface area contributed by atoms with Crippen LogP contribution in [0.1, 0.15) is 49.9 Å². The van der Waals surface area contributed by atoms with Crippen LogP contribution in [-0.4, -0.2) is 23.8 Å². The average Bonchev–Trinajstić information content (AvgIpc) is 2.54. The number of aryl methyl sites for hydroxylation is 2. The van der Waals surface area contributed by atoms with Crippen molar-refractivity contribution in [3.63, 3.8) is 0 Å². The minimum Gasteiger partial charge on any atom is -0.383 e. The summed E-state index contributed by atoms with van der Waals surface area (Å²) in [5, 5.41) is 0. The first-order chi connectivity index (χ1) is 12.2. The first-order valence-electron chi connectivity index (χ1n) is 8.99. The van der Waals surface area contributed by atoms with Gasteiger partial charge in [0.05, 0.1) is 0 Å². The molecule has 0 saturated carbocycles. The van der Waals surface area contributed by atoms with E-state index in [1.165, 1.54) is 11.1 Å². The number of benzene rings is 2. The van der Waals surface area contributed by atoms with E-state index in [2.05, 4.69) is 9.98 Å². The summed E-state index contributed by atoms with van der Waals surface area (Å²) in [5.41, 5.74) is 16.1. The molecule has 0 radical (unpaired) electrons. The summed E-state index contributed by atoms with van der Waals surface area (Å²) >= 11 is 0. The zero-order valence-electron chi connectivity index (χ0n) is 17.6. The Morgan fingerprint density at radius 3 is 1.25 bits per heavy atom. The zero-order chi connectivity index (χ0) is 19.7. The van der Waals surface area contributed by atoms with Gasteiger partial charge in [-0.3, -0.25) is 9.98 Å². The molecule has 0 aliphatic carbocycles. The molecule has 0 amide bonds. The first kappa shape index (κ1) is 28.2. The van der Waals surface area contributed by atoms with Crippen LogP contribution in [0.5, 0.6) is 0 Å². The maximum atomic E-state index is 5.81. The zero-order valence-corrected chi connectivity index (χ0v) is 19.3. The quantitative estimate of drug-likeness (QED) is 0.531. The molecule has 0 spiro atoms. The molecule has 6 heteroatoms. The van der Waals surface area contributed by atoms with Gasteiger partial charge < -0.3 is 11.5 Å². The molecule has 2 rings (SSSR count). The summed E-state index contributed by atoms with van der Waals surface area (Å²) in [6, 6.07) is 16.6. The first-order valence-corrected chi connectivity index (χ1v) is 8.99. The van der Waals surface area contributed by atoms with Gasteiger partial charge in [0.15, 0.2) is 0 Å². The third-order valence-corrected chi connectivity index (χ3v) is 3.42. The van der Waals surface area contributed by atoms with Gasteiger partial charge in [-0.2, -0.15) is 0 Å². The van der Waals surface area contributed by atoms with Crippen LogP contribution in [0.3, 0.4) is 0 Å². The number of aliphatic imine (C=N–C) groups is 2. The number of amidine groups is 2. The topological polar surface area (TPSA) is 76.8 Å². The van der Waals surface area contributed by atoms with Gasteiger partial charge in [0, 0.05) is 23.2 Å². The summed E-state index contributed by atoms with van der Waals surface area (Å²) < 4.78 is 0. The molecule has 156 valence electrons. The molecule has 28 heavy (non-hydrogen) atoms. The lowest BCUT2D eigenvalue weighted by atomic mass is 10.1. The van der Waals surface area contributed by atoms with Crippen molar-refractivity contribution in [2.45, 2.75) is 53.6 Å². The highest BCUT2D eigenvalue weighted by molar-refractivity contribution is 5.98. The molecular weight excluding hydrogens is 391 g/mol. The lowest BCUT2D eigenvalue weighted by Gasteiger charge is -2.03. The number of rotatable bonds is 4. The van der Waals surface area contributed by atoms with E-state index in [1.54, 1.807) is 0 Å². The van der Waals surface area contributed by atoms with Gasteiger partial charge in [0.2, 0.25) is 0 Å². The van der Waals surface area contributed by atoms with Gasteiger partial charge in [-0.15, -0.1) is 24.8 Å². The molecule has 0 saturated heterocycles. The van der Waals surface area contributed by atoms with Gasteiger partial charge in [-0.25, -0.2) is 0 Å². The summed E-state index contributed by atoms with van der Waals surface area (Å²) in [5.74, 6) is 1.25. The molecule has 0 aliphatic rings. The van der Waals surface area contributed by atoms with Crippen molar-refractivity contribution in [2.75, 3.05) is 0 Å². The van der Waals surface area contributed by atoms with Crippen molar-refractivity contribution in [1.82, 2.24) is 0 Å². The molecule has 0 aromatic heterocycles. The fourth-order valence-corrected chi connectivity index (χ4v) is 2.31. The second-order valence-corrected chi connectivity index (χ2v) is 6.96. The summed E-state index contributed by atoms with van der Waals surface area (Å²) in [7, 11) is 0. The Labute approximate surface area is 182 Å². The van der Waals surface area contributed by atoms with Crippen LogP contribution in [0.25, 0.3) is 0 Å². The van der Waals surface area contributed by atoms with Gasteiger partial charge in [0.25, 0.3) is 0 Å². The molecule has 0 unspecified atom stereocenters. The fraction of sp³-hybridized carbons (Fsp3) is 0.364. The smallest absolute Gasteiger partial charge is 0.125 e. The highest BCUT2D eigenvalue weighted by Gasteiger charge is 1.99. The Bertz CT molecular complexity index is 703. The van der Waals surface area contributed by atoms with Gasteiger partial charge in [-0.05, 0) is 53.7 Å². The minimum absolute atomic E-state index is 0. The SMILES string of the molecule is Cc1cccc(C(N)=NC(C)C)c1.Cc1cccc(C(N)=NC(C)C)c1.Cl.Cl. The maximum absolute atomic E-state index is 5.81. The Balaban J connectivity index is 0. The highest BCUT2D eigenvalue weighted by Crippen LogP contribution is 2.05. The standard InChI is InChI=1S/2C11H16N2.2ClH/c2*1-8(2)13-11(12)10-6-4-5-9(3)7-10;;/h2*4-8H,1-3H3,(H2,12,13);2*1H. The predicted molar refractivity (Wildman–Crippen MR) is 129 cm³/mol. The van der Waals surface area contributed by atoms with Crippen LogP contribution in [-0.2, 0) is 0 Å². The van der Waals surface area contributed by atoms with Crippen molar-refractivity contribution in [3.05, 3.63) is 70.8 Å². The van der Waals surface area contributed by atoms with Crippen molar-refractivity contribution >= 4 is 36.5 Å². The summed E-state index contributed by atoms with van der Waals surface area (Å²) in [6.07, 6.45) is 0. The van der Waals surface area contributed by atoms with Crippen LogP contribution >= 0.6 is 24.8 Å². The van der Waals surface area contributed by atoms with E-state index in [9.17, 15) is 0 Å². The van der Waals surface area contributed by atoms with Crippen molar-refractivity contribution in [2.24, 2.45) is 21.5 Å². The lowest BCUT2D eigenvalue weighted by Crippen LogP contribution is -2.15. The monoisotopic (exact) mass is 424 g/mol. The average molecular weight is 425 g/mol. The lowest BCUT2D eigenvalue weighted by molar-refractivity contribution is 0.834. The van der Waals surface area contributed by atoms with Crippen LogP contribution in [0, 0.1) is 13.8 Å². The van der Waals surface area contributed by atoms with E-state index < -0.39 is 0 Å². The van der Waals surface area contributed by atoms with Crippen LogP contribution in [0.15, 0.2) is 58.5 Å². The second-order valence-electron chi connectivity index (χ2n) is 6.96. The van der Waals surface area contributed by atoms with Crippen molar-refractivity contribution < 1.29 is 0 Å². The van der Waals surface area contributed by atoms with Crippen LogP contribution in [0.4, 0.5) is 0 Å². The Morgan fingerprint density at radius 1 is 0.679 bits per heavy atom. The molecule has 2 aromatic carbocycles. The molecule has 0 heterocycles. The van der Waals surface area contributed by atoms with E-state index in [1.807, 2.05) is 90.1 Å². The Kier molecular flexibility index (Phi) is 14.1. The molecule has 4 nitrogen and oxygen atoms in total. The van der Waals surface area contributed by atoms with E-state index >= 15 is 0 Å². The van der Waals surface area contributed by atoms with E-state index in [4.69, 9.17) is 11.5 Å². The normalized spacial score (nSPS) is 11.3. The van der Waals surface area contributed by atoms with Gasteiger partial charge in [0.1, 0.15) is 11.7 Å². The van der Waals surface area contributed by atoms with Gasteiger partial charge >= 0.3 is 0 Å². The predicted octanol–water partition coefficient (Wildman–Crippen LogP) is 5.06. The van der Waals surface area contributed by atoms with E-state index in [0.717, 1.165) is 11.1 Å².